The molecule has 0 aliphatic carbocycles. The van der Waals surface area contributed by atoms with Crippen molar-refractivity contribution < 1.29 is 9.90 Å². The van der Waals surface area contributed by atoms with Gasteiger partial charge in [-0.15, -0.1) is 0 Å². The summed E-state index contributed by atoms with van der Waals surface area (Å²) < 4.78 is 1.05. The zero-order chi connectivity index (χ0) is 13.5. The van der Waals surface area contributed by atoms with Gasteiger partial charge >= 0.3 is 5.97 Å². The van der Waals surface area contributed by atoms with E-state index in [2.05, 4.69) is 53.7 Å². The predicted octanol–water partition coefficient (Wildman–Crippen LogP) is 3.45. The van der Waals surface area contributed by atoms with Crippen molar-refractivity contribution in [3.8, 4) is 0 Å². The highest BCUT2D eigenvalue weighted by atomic mass is 79.9. The summed E-state index contributed by atoms with van der Waals surface area (Å²) in [6, 6.07) is 6.14. The van der Waals surface area contributed by atoms with Crippen LogP contribution in [-0.2, 0) is 4.79 Å². The Balaban J connectivity index is 2.35. The number of hydrogen-bond donors (Lipinski definition) is 1. The molecule has 1 N–H and O–H groups in total. The van der Waals surface area contributed by atoms with Gasteiger partial charge in [0, 0.05) is 22.2 Å². The van der Waals surface area contributed by atoms with Crippen LogP contribution in [-0.4, -0.2) is 23.2 Å². The van der Waals surface area contributed by atoms with Gasteiger partial charge in [0.1, 0.15) is 0 Å². The zero-order valence-electron chi connectivity index (χ0n) is 10.9. The Labute approximate surface area is 116 Å². The molecular formula is C14H18BrNO2. The molecule has 1 unspecified atom stereocenters. The average molecular weight is 312 g/mol. The highest BCUT2D eigenvalue weighted by Gasteiger charge is 2.41. The first kappa shape index (κ1) is 13.4. The molecule has 1 saturated heterocycles. The largest absolute Gasteiger partial charge is 0.481 e. The lowest BCUT2D eigenvalue weighted by Crippen LogP contribution is -2.38. The zero-order valence-corrected chi connectivity index (χ0v) is 12.5. The van der Waals surface area contributed by atoms with Crippen LogP contribution < -0.4 is 4.90 Å². The molecule has 0 radical (unpaired) electrons. The van der Waals surface area contributed by atoms with Crippen LogP contribution in [0.4, 0.5) is 5.69 Å². The molecule has 1 aliphatic heterocycles. The molecule has 0 spiro atoms. The van der Waals surface area contributed by atoms with E-state index in [9.17, 15) is 9.90 Å². The van der Waals surface area contributed by atoms with Gasteiger partial charge in [0.05, 0.1) is 5.92 Å². The molecule has 18 heavy (non-hydrogen) atoms. The van der Waals surface area contributed by atoms with E-state index < -0.39 is 5.97 Å². The average Bonchev–Trinajstić information content (AvgIpc) is 2.55. The minimum Gasteiger partial charge on any atom is -0.481 e. The Morgan fingerprint density at radius 3 is 2.67 bits per heavy atom. The number of aryl methyl sites for hydroxylation is 1. The standard InChI is InChI=1S/C14H18BrNO2/c1-9-6-11(15)4-5-12(9)16-8-10(13(17)18)7-14(16,2)3/h4-6,10H,7-8H2,1-3H3,(H,17,18). The van der Waals surface area contributed by atoms with Crippen LogP contribution in [0.2, 0.25) is 0 Å². The van der Waals surface area contributed by atoms with E-state index in [4.69, 9.17) is 0 Å². The summed E-state index contributed by atoms with van der Waals surface area (Å²) in [7, 11) is 0. The minimum atomic E-state index is -0.694. The molecule has 4 heteroatoms. The van der Waals surface area contributed by atoms with E-state index in [0.29, 0.717) is 13.0 Å². The fourth-order valence-electron chi connectivity index (χ4n) is 2.76. The van der Waals surface area contributed by atoms with Gasteiger partial charge in [0.25, 0.3) is 0 Å². The lowest BCUT2D eigenvalue weighted by molar-refractivity contribution is -0.141. The lowest BCUT2D eigenvalue weighted by atomic mass is 9.96. The number of aliphatic carboxylic acids is 1. The molecule has 0 saturated carbocycles. The number of hydrogen-bond acceptors (Lipinski definition) is 2. The van der Waals surface area contributed by atoms with Crippen LogP contribution in [0.1, 0.15) is 25.8 Å². The van der Waals surface area contributed by atoms with E-state index in [-0.39, 0.29) is 11.5 Å². The van der Waals surface area contributed by atoms with Crippen LogP contribution in [0.15, 0.2) is 22.7 Å². The maximum Gasteiger partial charge on any atom is 0.308 e. The Bertz CT molecular complexity index is 485. The molecule has 1 aromatic rings. The van der Waals surface area contributed by atoms with E-state index in [1.807, 2.05) is 6.07 Å². The maximum absolute atomic E-state index is 11.2. The third kappa shape index (κ3) is 2.39. The molecule has 2 rings (SSSR count). The number of nitrogens with zero attached hydrogens (tertiary/aromatic N) is 1. The third-order valence-electron chi connectivity index (χ3n) is 3.68. The molecular weight excluding hydrogens is 294 g/mol. The molecule has 1 fully saturated rings. The van der Waals surface area contributed by atoms with Gasteiger partial charge in [-0.05, 0) is 51.0 Å². The van der Waals surface area contributed by atoms with Gasteiger partial charge in [-0.25, -0.2) is 0 Å². The van der Waals surface area contributed by atoms with Gasteiger partial charge in [0.2, 0.25) is 0 Å². The Morgan fingerprint density at radius 2 is 2.17 bits per heavy atom. The highest BCUT2D eigenvalue weighted by Crippen LogP contribution is 2.38. The molecule has 3 nitrogen and oxygen atoms in total. The number of carboxylic acid groups (broad SMARTS) is 1. The van der Waals surface area contributed by atoms with Gasteiger partial charge in [-0.2, -0.15) is 0 Å². The number of anilines is 1. The Hall–Kier alpha value is -1.03. The predicted molar refractivity (Wildman–Crippen MR) is 76.0 cm³/mol. The normalized spacial score (nSPS) is 22.2. The van der Waals surface area contributed by atoms with Crippen LogP contribution >= 0.6 is 15.9 Å². The summed E-state index contributed by atoms with van der Waals surface area (Å²) in [6.07, 6.45) is 0.692. The van der Waals surface area contributed by atoms with Crippen molar-refractivity contribution >= 4 is 27.6 Å². The molecule has 98 valence electrons. The van der Waals surface area contributed by atoms with Crippen molar-refractivity contribution in [3.05, 3.63) is 28.2 Å². The maximum atomic E-state index is 11.2. The topological polar surface area (TPSA) is 40.5 Å². The fraction of sp³-hybridized carbons (Fsp3) is 0.500. The van der Waals surface area contributed by atoms with Crippen LogP contribution in [0.5, 0.6) is 0 Å². The minimum absolute atomic E-state index is 0.109. The van der Waals surface area contributed by atoms with Gasteiger partial charge in [0.15, 0.2) is 0 Å². The van der Waals surface area contributed by atoms with Crippen molar-refractivity contribution in [2.45, 2.75) is 32.7 Å². The van der Waals surface area contributed by atoms with Crippen molar-refractivity contribution in [1.82, 2.24) is 0 Å². The molecule has 1 heterocycles. The first-order valence-electron chi connectivity index (χ1n) is 6.08. The number of carboxylic acids is 1. The second kappa shape index (κ2) is 4.57. The summed E-state index contributed by atoms with van der Waals surface area (Å²) in [5.74, 6) is -0.969. The molecule has 0 aromatic heterocycles. The molecule has 0 amide bonds. The number of carbonyl (C=O) groups is 1. The summed E-state index contributed by atoms with van der Waals surface area (Å²) in [5, 5.41) is 9.19. The molecule has 1 aromatic carbocycles. The summed E-state index contributed by atoms with van der Waals surface area (Å²) >= 11 is 3.46. The molecule has 0 bridgehead atoms. The number of rotatable bonds is 2. The van der Waals surface area contributed by atoms with E-state index in [0.717, 1.165) is 10.2 Å². The quantitative estimate of drug-likeness (QED) is 0.909. The summed E-state index contributed by atoms with van der Waals surface area (Å²) in [5.41, 5.74) is 2.19. The van der Waals surface area contributed by atoms with Crippen LogP contribution in [0.3, 0.4) is 0 Å². The van der Waals surface area contributed by atoms with Crippen LogP contribution in [0.25, 0.3) is 0 Å². The monoisotopic (exact) mass is 311 g/mol. The SMILES string of the molecule is Cc1cc(Br)ccc1N1CC(C(=O)O)CC1(C)C. The second-order valence-electron chi connectivity index (χ2n) is 5.59. The number of benzene rings is 1. The Kier molecular flexibility index (Phi) is 3.41. The van der Waals surface area contributed by atoms with Gasteiger partial charge in [-0.1, -0.05) is 15.9 Å². The van der Waals surface area contributed by atoms with Crippen LogP contribution in [0, 0.1) is 12.8 Å². The van der Waals surface area contributed by atoms with Crippen molar-refractivity contribution in [2.24, 2.45) is 5.92 Å². The first-order valence-corrected chi connectivity index (χ1v) is 6.87. The van der Waals surface area contributed by atoms with E-state index in [1.165, 1.54) is 5.56 Å². The van der Waals surface area contributed by atoms with Gasteiger partial charge in [-0.3, -0.25) is 4.79 Å². The smallest absolute Gasteiger partial charge is 0.308 e. The van der Waals surface area contributed by atoms with Crippen molar-refractivity contribution in [1.29, 1.82) is 0 Å². The fourth-order valence-corrected chi connectivity index (χ4v) is 3.23. The van der Waals surface area contributed by atoms with E-state index in [1.54, 1.807) is 0 Å². The van der Waals surface area contributed by atoms with E-state index >= 15 is 0 Å². The van der Waals surface area contributed by atoms with Crippen molar-refractivity contribution in [2.75, 3.05) is 11.4 Å². The molecule has 1 atom stereocenters. The summed E-state index contributed by atoms with van der Waals surface area (Å²) in [6.45, 7) is 6.87. The highest BCUT2D eigenvalue weighted by molar-refractivity contribution is 9.10. The van der Waals surface area contributed by atoms with Gasteiger partial charge < -0.3 is 10.0 Å². The number of halogens is 1. The lowest BCUT2D eigenvalue weighted by Gasteiger charge is -2.34. The summed E-state index contributed by atoms with van der Waals surface area (Å²) in [4.78, 5) is 13.4. The second-order valence-corrected chi connectivity index (χ2v) is 6.51. The molecule has 1 aliphatic rings. The first-order chi connectivity index (χ1) is 8.31. The third-order valence-corrected chi connectivity index (χ3v) is 4.17. The van der Waals surface area contributed by atoms with Crippen molar-refractivity contribution in [3.63, 3.8) is 0 Å². The Morgan fingerprint density at radius 1 is 1.50 bits per heavy atom.